The lowest BCUT2D eigenvalue weighted by Crippen LogP contribution is -2.11. The smallest absolute Gasteiger partial charge is 0.259 e. The fraction of sp³-hybridized carbons (Fsp3) is 0.0588. The van der Waals surface area contributed by atoms with E-state index in [0.717, 1.165) is 5.56 Å². The molecule has 5 heteroatoms. The molecule has 0 bridgehead atoms. The molecule has 0 aliphatic heterocycles. The number of aryl methyl sites for hydroxylation is 1. The zero-order chi connectivity index (χ0) is 15.5. The van der Waals surface area contributed by atoms with E-state index < -0.39 is 0 Å². The summed E-state index contributed by atoms with van der Waals surface area (Å²) >= 11 is 5.88. The fourth-order valence-corrected chi connectivity index (χ4v) is 2.22. The lowest BCUT2D eigenvalue weighted by atomic mass is 10.1. The molecule has 1 aromatic carbocycles. The largest absolute Gasteiger partial charge is 0.461 e. The van der Waals surface area contributed by atoms with Gasteiger partial charge in [0.1, 0.15) is 11.5 Å². The zero-order valence-electron chi connectivity index (χ0n) is 11.8. The molecule has 0 unspecified atom stereocenters. The van der Waals surface area contributed by atoms with Gasteiger partial charge < -0.3 is 9.73 Å². The minimum atomic E-state index is -0.215. The third kappa shape index (κ3) is 3.02. The third-order valence-corrected chi connectivity index (χ3v) is 3.48. The predicted octanol–water partition coefficient (Wildman–Crippen LogP) is 4.56. The number of nitrogens with zero attached hydrogens (tertiary/aromatic N) is 1. The normalized spacial score (nSPS) is 10.5. The number of amides is 1. The van der Waals surface area contributed by atoms with Gasteiger partial charge in [-0.2, -0.15) is 0 Å². The van der Waals surface area contributed by atoms with Crippen LogP contribution in [0, 0.1) is 6.92 Å². The highest BCUT2D eigenvalue weighted by molar-refractivity contribution is 6.30. The van der Waals surface area contributed by atoms with Crippen LogP contribution in [0.5, 0.6) is 0 Å². The molecule has 2 aromatic heterocycles. The number of nitrogens with one attached hydrogen (secondary N) is 1. The Morgan fingerprint density at radius 3 is 2.50 bits per heavy atom. The molecule has 1 amide bonds. The van der Waals surface area contributed by atoms with Crippen molar-refractivity contribution in [2.75, 3.05) is 5.32 Å². The van der Waals surface area contributed by atoms with Gasteiger partial charge in [0.15, 0.2) is 0 Å². The molecule has 4 nitrogen and oxygen atoms in total. The van der Waals surface area contributed by atoms with Gasteiger partial charge in [-0.3, -0.25) is 9.78 Å². The number of rotatable bonds is 3. The van der Waals surface area contributed by atoms with Crippen molar-refractivity contribution >= 4 is 23.2 Å². The van der Waals surface area contributed by atoms with E-state index in [1.165, 1.54) is 0 Å². The van der Waals surface area contributed by atoms with Crippen molar-refractivity contribution in [1.82, 2.24) is 4.98 Å². The number of hydrogen-bond donors (Lipinski definition) is 1. The summed E-state index contributed by atoms with van der Waals surface area (Å²) in [4.78, 5) is 16.2. The van der Waals surface area contributed by atoms with E-state index in [1.54, 1.807) is 49.6 Å². The molecule has 3 rings (SSSR count). The van der Waals surface area contributed by atoms with Crippen LogP contribution in [-0.2, 0) is 0 Å². The van der Waals surface area contributed by atoms with Crippen LogP contribution in [0.4, 0.5) is 5.69 Å². The number of anilines is 1. The van der Waals surface area contributed by atoms with E-state index in [1.807, 2.05) is 12.1 Å². The van der Waals surface area contributed by atoms with Gasteiger partial charge in [0.05, 0.1) is 5.56 Å². The summed E-state index contributed by atoms with van der Waals surface area (Å²) in [5.74, 6) is 0.984. The summed E-state index contributed by atoms with van der Waals surface area (Å²) in [5, 5.41) is 3.47. The van der Waals surface area contributed by atoms with E-state index in [4.69, 9.17) is 16.0 Å². The van der Waals surface area contributed by atoms with Crippen LogP contribution < -0.4 is 5.32 Å². The molecule has 2 heterocycles. The van der Waals surface area contributed by atoms with Gasteiger partial charge in [-0.05, 0) is 49.4 Å². The molecule has 0 spiro atoms. The summed E-state index contributed by atoms with van der Waals surface area (Å²) in [6.45, 7) is 1.76. The summed E-state index contributed by atoms with van der Waals surface area (Å²) in [5.41, 5.74) is 2.06. The molecule has 22 heavy (non-hydrogen) atoms. The summed E-state index contributed by atoms with van der Waals surface area (Å²) in [7, 11) is 0. The van der Waals surface area contributed by atoms with Gasteiger partial charge in [0, 0.05) is 28.7 Å². The summed E-state index contributed by atoms with van der Waals surface area (Å²) in [6.07, 6.45) is 3.24. The number of furan rings is 1. The molecule has 0 saturated heterocycles. The van der Waals surface area contributed by atoms with E-state index in [0.29, 0.717) is 27.8 Å². The number of pyridine rings is 1. The lowest BCUT2D eigenvalue weighted by Gasteiger charge is -2.02. The minimum absolute atomic E-state index is 0.215. The quantitative estimate of drug-likeness (QED) is 0.771. The Labute approximate surface area is 132 Å². The lowest BCUT2D eigenvalue weighted by molar-refractivity contribution is 0.102. The SMILES string of the molecule is Cc1oc(-c2ccc(Cl)cc2)cc1C(=O)Nc1ccncc1. The highest BCUT2D eigenvalue weighted by Crippen LogP contribution is 2.27. The van der Waals surface area contributed by atoms with Gasteiger partial charge in [0.25, 0.3) is 5.91 Å². The van der Waals surface area contributed by atoms with Gasteiger partial charge in [-0.15, -0.1) is 0 Å². The Balaban J connectivity index is 1.86. The molecule has 0 atom stereocenters. The molecule has 1 N–H and O–H groups in total. The van der Waals surface area contributed by atoms with Gasteiger partial charge in [-0.25, -0.2) is 0 Å². The van der Waals surface area contributed by atoms with E-state index in [-0.39, 0.29) is 5.91 Å². The highest BCUT2D eigenvalue weighted by Gasteiger charge is 2.16. The minimum Gasteiger partial charge on any atom is -0.461 e. The maximum atomic E-state index is 12.3. The average Bonchev–Trinajstić information content (AvgIpc) is 2.91. The fourth-order valence-electron chi connectivity index (χ4n) is 2.10. The molecule has 0 fully saturated rings. The van der Waals surface area contributed by atoms with Crippen molar-refractivity contribution in [2.24, 2.45) is 0 Å². The maximum absolute atomic E-state index is 12.3. The van der Waals surface area contributed by atoms with Crippen molar-refractivity contribution in [2.45, 2.75) is 6.92 Å². The second kappa shape index (κ2) is 6.03. The van der Waals surface area contributed by atoms with Crippen molar-refractivity contribution < 1.29 is 9.21 Å². The van der Waals surface area contributed by atoms with E-state index in [2.05, 4.69) is 10.3 Å². The summed E-state index contributed by atoms with van der Waals surface area (Å²) in [6, 6.07) is 12.5. The molecule has 0 saturated carbocycles. The molecule has 0 aliphatic carbocycles. The van der Waals surface area contributed by atoms with Gasteiger partial charge >= 0.3 is 0 Å². The van der Waals surface area contributed by atoms with E-state index in [9.17, 15) is 4.79 Å². The first-order valence-corrected chi connectivity index (χ1v) is 7.09. The number of benzene rings is 1. The molecular weight excluding hydrogens is 300 g/mol. The number of aromatic nitrogens is 1. The summed E-state index contributed by atoms with van der Waals surface area (Å²) < 4.78 is 5.68. The van der Waals surface area contributed by atoms with Crippen molar-refractivity contribution in [3.05, 3.63) is 71.2 Å². The topological polar surface area (TPSA) is 55.1 Å². The first-order valence-electron chi connectivity index (χ1n) is 6.71. The Morgan fingerprint density at radius 1 is 1.14 bits per heavy atom. The maximum Gasteiger partial charge on any atom is 0.259 e. The second-order valence-electron chi connectivity index (χ2n) is 4.78. The molecular formula is C17H13ClN2O2. The molecule has 0 aliphatic rings. The number of halogens is 1. The van der Waals surface area contributed by atoms with Gasteiger partial charge in [0.2, 0.25) is 0 Å². The molecule has 110 valence electrons. The molecule has 0 radical (unpaired) electrons. The first kappa shape index (κ1) is 14.4. The number of hydrogen-bond acceptors (Lipinski definition) is 3. The van der Waals surface area contributed by atoms with Crippen molar-refractivity contribution in [3.63, 3.8) is 0 Å². The highest BCUT2D eigenvalue weighted by atomic mass is 35.5. The van der Waals surface area contributed by atoms with Crippen LogP contribution in [0.25, 0.3) is 11.3 Å². The van der Waals surface area contributed by atoms with Crippen LogP contribution in [0.2, 0.25) is 5.02 Å². The molecule has 3 aromatic rings. The van der Waals surface area contributed by atoms with Crippen LogP contribution >= 0.6 is 11.6 Å². The van der Waals surface area contributed by atoms with Crippen molar-refractivity contribution in [3.8, 4) is 11.3 Å². The van der Waals surface area contributed by atoms with Crippen LogP contribution in [0.3, 0.4) is 0 Å². The standard InChI is InChI=1S/C17H13ClN2O2/c1-11-15(17(21)20-14-6-8-19-9-7-14)10-16(22-11)12-2-4-13(18)5-3-12/h2-10H,1H3,(H,19,20,21). The first-order chi connectivity index (χ1) is 10.6. The zero-order valence-corrected chi connectivity index (χ0v) is 12.6. The number of carbonyl (C=O) groups is 1. The van der Waals surface area contributed by atoms with Crippen LogP contribution in [0.15, 0.2) is 59.3 Å². The van der Waals surface area contributed by atoms with Crippen LogP contribution in [-0.4, -0.2) is 10.9 Å². The van der Waals surface area contributed by atoms with Crippen LogP contribution in [0.1, 0.15) is 16.1 Å². The monoisotopic (exact) mass is 312 g/mol. The second-order valence-corrected chi connectivity index (χ2v) is 5.21. The van der Waals surface area contributed by atoms with Gasteiger partial charge in [-0.1, -0.05) is 11.6 Å². The Hall–Kier alpha value is -2.59. The Kier molecular flexibility index (Phi) is 3.94. The third-order valence-electron chi connectivity index (χ3n) is 3.23. The number of carbonyl (C=O) groups excluding carboxylic acids is 1. The Morgan fingerprint density at radius 2 is 1.82 bits per heavy atom. The van der Waals surface area contributed by atoms with Crippen molar-refractivity contribution in [1.29, 1.82) is 0 Å². The van der Waals surface area contributed by atoms with E-state index >= 15 is 0 Å². The average molecular weight is 313 g/mol. The Bertz CT molecular complexity index is 795. The predicted molar refractivity (Wildman–Crippen MR) is 86.1 cm³/mol.